The predicted octanol–water partition coefficient (Wildman–Crippen LogP) is 2.14. The number of aromatic nitrogens is 2. The molecule has 2 heterocycles. The van der Waals surface area contributed by atoms with E-state index in [1.807, 2.05) is 18.2 Å². The molecule has 1 aromatic heterocycles. The molecule has 1 saturated heterocycles. The van der Waals surface area contributed by atoms with Gasteiger partial charge in [-0.3, -0.25) is 28.8 Å². The predicted molar refractivity (Wildman–Crippen MR) is 110 cm³/mol. The normalized spacial score (nSPS) is 24.8. The number of piperidine rings is 1. The highest BCUT2D eigenvalue weighted by atomic mass is 16.4. The monoisotopic (exact) mass is 413 g/mol. The topological polar surface area (TPSA) is 110 Å². The number of imide groups is 1. The molecule has 8 nitrogen and oxygen atoms in total. The van der Waals surface area contributed by atoms with E-state index >= 15 is 0 Å². The van der Waals surface area contributed by atoms with Gasteiger partial charge in [-0.25, -0.2) is 4.79 Å². The summed E-state index contributed by atoms with van der Waals surface area (Å²) < 4.78 is 3.06. The first kappa shape index (κ1) is 20.4. The van der Waals surface area contributed by atoms with Crippen molar-refractivity contribution in [3.8, 4) is 0 Å². The number of carboxylic acids is 1. The van der Waals surface area contributed by atoms with Gasteiger partial charge >= 0.3 is 11.7 Å². The van der Waals surface area contributed by atoms with Crippen molar-refractivity contribution in [2.24, 2.45) is 18.9 Å². The van der Waals surface area contributed by atoms with Crippen molar-refractivity contribution < 1.29 is 19.5 Å². The summed E-state index contributed by atoms with van der Waals surface area (Å²) in [4.78, 5) is 47.5. The number of nitrogens with zero attached hydrogens (tertiary/aromatic N) is 2. The van der Waals surface area contributed by atoms with Gasteiger partial charge in [0.25, 0.3) is 0 Å². The highest BCUT2D eigenvalue weighted by Crippen LogP contribution is 2.33. The molecule has 1 aliphatic carbocycles. The van der Waals surface area contributed by atoms with E-state index in [-0.39, 0.29) is 30.4 Å². The van der Waals surface area contributed by atoms with Gasteiger partial charge < -0.3 is 5.11 Å². The van der Waals surface area contributed by atoms with E-state index in [1.165, 1.54) is 4.57 Å². The second-order valence-corrected chi connectivity index (χ2v) is 8.69. The Morgan fingerprint density at radius 1 is 1.07 bits per heavy atom. The minimum atomic E-state index is -0.717. The second-order valence-electron chi connectivity index (χ2n) is 8.69. The second kappa shape index (κ2) is 8.08. The molecule has 0 bridgehead atoms. The van der Waals surface area contributed by atoms with Crippen LogP contribution in [0.15, 0.2) is 23.0 Å². The molecule has 1 saturated carbocycles. The number of hydrogen-bond acceptors (Lipinski definition) is 4. The van der Waals surface area contributed by atoms with Crippen LogP contribution in [-0.4, -0.2) is 32.0 Å². The number of aryl methyl sites for hydroxylation is 1. The number of hydrogen-bond donors (Lipinski definition) is 2. The lowest BCUT2D eigenvalue weighted by molar-refractivity contribution is -0.138. The van der Waals surface area contributed by atoms with E-state index in [9.17, 15) is 19.2 Å². The SMILES string of the molecule is Cn1c(=O)n([C@H]2CCC(=O)NC2=O)c2ccc(C[C@H]3CC[C@@H](CC(=O)O)CC3)cc21. The zero-order valence-electron chi connectivity index (χ0n) is 17.1. The minimum absolute atomic E-state index is 0.224. The smallest absolute Gasteiger partial charge is 0.329 e. The van der Waals surface area contributed by atoms with Gasteiger partial charge in [0.05, 0.1) is 11.0 Å². The lowest BCUT2D eigenvalue weighted by Crippen LogP contribution is -2.44. The molecule has 2 aromatic rings. The Morgan fingerprint density at radius 3 is 2.43 bits per heavy atom. The van der Waals surface area contributed by atoms with Crippen molar-refractivity contribution in [1.29, 1.82) is 0 Å². The fourth-order valence-electron chi connectivity index (χ4n) is 4.99. The van der Waals surface area contributed by atoms with Crippen LogP contribution in [0.4, 0.5) is 0 Å². The van der Waals surface area contributed by atoms with Crippen LogP contribution in [0.1, 0.15) is 56.6 Å². The van der Waals surface area contributed by atoms with Crippen LogP contribution >= 0.6 is 0 Å². The number of aliphatic carboxylic acids is 1. The third kappa shape index (κ3) is 3.91. The number of carboxylic acid groups (broad SMARTS) is 1. The molecule has 2 aliphatic rings. The van der Waals surface area contributed by atoms with Crippen LogP contribution in [0, 0.1) is 11.8 Å². The third-order valence-corrected chi connectivity index (χ3v) is 6.63. The fraction of sp³-hybridized carbons (Fsp3) is 0.545. The van der Waals surface area contributed by atoms with Crippen molar-refractivity contribution in [2.45, 2.75) is 57.4 Å². The average molecular weight is 413 g/mol. The summed E-state index contributed by atoms with van der Waals surface area (Å²) >= 11 is 0. The van der Waals surface area contributed by atoms with E-state index < -0.39 is 17.9 Å². The summed E-state index contributed by atoms with van der Waals surface area (Å²) in [6, 6.07) is 5.25. The molecule has 30 heavy (non-hydrogen) atoms. The number of carbonyl (C=O) groups is 3. The number of nitrogens with one attached hydrogen (secondary N) is 1. The van der Waals surface area contributed by atoms with Gasteiger partial charge in [-0.2, -0.15) is 0 Å². The molecule has 160 valence electrons. The van der Waals surface area contributed by atoms with E-state index in [2.05, 4.69) is 5.32 Å². The Bertz CT molecular complexity index is 1060. The van der Waals surface area contributed by atoms with Crippen LogP contribution < -0.4 is 11.0 Å². The molecular weight excluding hydrogens is 386 g/mol. The molecule has 4 rings (SSSR count). The number of rotatable bonds is 5. The number of amides is 2. The quantitative estimate of drug-likeness (QED) is 0.730. The maximum absolute atomic E-state index is 12.9. The molecule has 0 radical (unpaired) electrons. The van der Waals surface area contributed by atoms with E-state index in [0.29, 0.717) is 17.9 Å². The number of fused-ring (bicyclic) bond motifs is 1. The van der Waals surface area contributed by atoms with Crippen molar-refractivity contribution >= 4 is 28.8 Å². The Balaban J connectivity index is 1.54. The first-order valence-corrected chi connectivity index (χ1v) is 10.6. The Kier molecular flexibility index (Phi) is 5.49. The van der Waals surface area contributed by atoms with Gasteiger partial charge in [-0.05, 0) is 68.1 Å². The van der Waals surface area contributed by atoms with Gasteiger partial charge in [0.2, 0.25) is 11.8 Å². The van der Waals surface area contributed by atoms with Crippen LogP contribution in [0.5, 0.6) is 0 Å². The third-order valence-electron chi connectivity index (χ3n) is 6.63. The summed E-state index contributed by atoms with van der Waals surface area (Å²) in [6.45, 7) is 0. The molecule has 1 aromatic carbocycles. The highest BCUT2D eigenvalue weighted by molar-refractivity contribution is 6.00. The lowest BCUT2D eigenvalue weighted by atomic mass is 9.78. The molecule has 1 atom stereocenters. The Morgan fingerprint density at radius 2 is 1.77 bits per heavy atom. The van der Waals surface area contributed by atoms with Gasteiger partial charge in [-0.15, -0.1) is 0 Å². The highest BCUT2D eigenvalue weighted by Gasteiger charge is 2.31. The molecular formula is C22H27N3O5. The minimum Gasteiger partial charge on any atom is -0.481 e. The zero-order valence-corrected chi connectivity index (χ0v) is 17.1. The molecule has 0 unspecified atom stereocenters. The number of carbonyl (C=O) groups excluding carboxylic acids is 2. The Hall–Kier alpha value is -2.90. The van der Waals surface area contributed by atoms with E-state index in [1.54, 1.807) is 11.6 Å². The van der Waals surface area contributed by atoms with Crippen molar-refractivity contribution in [1.82, 2.24) is 14.5 Å². The number of benzene rings is 1. The van der Waals surface area contributed by atoms with E-state index in [0.717, 1.165) is 43.2 Å². The first-order valence-electron chi connectivity index (χ1n) is 10.6. The van der Waals surface area contributed by atoms with Gasteiger partial charge in [0.15, 0.2) is 0 Å². The first-order chi connectivity index (χ1) is 14.3. The largest absolute Gasteiger partial charge is 0.481 e. The van der Waals surface area contributed by atoms with Crippen molar-refractivity contribution in [3.05, 3.63) is 34.2 Å². The summed E-state index contributed by atoms with van der Waals surface area (Å²) in [7, 11) is 1.70. The molecule has 0 spiro atoms. The van der Waals surface area contributed by atoms with Gasteiger partial charge in [-0.1, -0.05) is 6.07 Å². The standard InChI is InChI=1S/C22H27N3O5/c1-24-18-11-15(10-13-2-4-14(5-3-13)12-20(27)28)6-7-16(18)25(22(24)30)17-8-9-19(26)23-21(17)29/h6-7,11,13-14,17H,2-5,8-10,12H2,1H3,(H,27,28)(H,23,26,29)/t13-,14+,17-/m0/s1. The van der Waals surface area contributed by atoms with Crippen LogP contribution in [0.3, 0.4) is 0 Å². The average Bonchev–Trinajstić information content (AvgIpc) is 2.94. The number of imidazole rings is 1. The zero-order chi connectivity index (χ0) is 21.4. The summed E-state index contributed by atoms with van der Waals surface area (Å²) in [6.07, 6.45) is 5.64. The van der Waals surface area contributed by atoms with E-state index in [4.69, 9.17) is 5.11 Å². The lowest BCUT2D eigenvalue weighted by Gasteiger charge is -2.27. The van der Waals surface area contributed by atoms with Crippen LogP contribution in [-0.2, 0) is 27.9 Å². The fourth-order valence-corrected chi connectivity index (χ4v) is 4.99. The van der Waals surface area contributed by atoms with Gasteiger partial charge in [0.1, 0.15) is 6.04 Å². The molecule has 2 amide bonds. The summed E-state index contributed by atoms with van der Waals surface area (Å²) in [5.74, 6) is -0.648. The molecule has 2 N–H and O–H groups in total. The van der Waals surface area contributed by atoms with Gasteiger partial charge in [0, 0.05) is 19.9 Å². The Labute approximate surface area is 173 Å². The van der Waals surface area contributed by atoms with Crippen LogP contribution in [0.2, 0.25) is 0 Å². The summed E-state index contributed by atoms with van der Waals surface area (Å²) in [5, 5.41) is 11.3. The maximum atomic E-state index is 12.9. The van der Waals surface area contributed by atoms with Crippen molar-refractivity contribution in [2.75, 3.05) is 0 Å². The maximum Gasteiger partial charge on any atom is 0.329 e. The molecule has 8 heteroatoms. The van der Waals surface area contributed by atoms with Crippen LogP contribution in [0.25, 0.3) is 11.0 Å². The summed E-state index contributed by atoms with van der Waals surface area (Å²) in [5.41, 5.74) is 2.36. The van der Waals surface area contributed by atoms with Crippen molar-refractivity contribution in [3.63, 3.8) is 0 Å². The molecule has 2 fully saturated rings. The molecule has 1 aliphatic heterocycles.